The van der Waals surface area contributed by atoms with Crippen LogP contribution in [0.4, 0.5) is 0 Å². The summed E-state index contributed by atoms with van der Waals surface area (Å²) in [6.45, 7) is 3.60. The Kier molecular flexibility index (Phi) is 5.68. The zero-order chi connectivity index (χ0) is 17.6. The number of piperidine rings is 1. The molecule has 1 aliphatic heterocycles. The molecule has 1 amide bonds. The SMILES string of the molecule is CCCCC(=O)N1CCC[C@@H](c2nc(-c3cccc(OC)c3)no2)C1. The first-order valence-electron chi connectivity index (χ1n) is 8.97. The van der Waals surface area contributed by atoms with E-state index in [1.54, 1.807) is 7.11 Å². The van der Waals surface area contributed by atoms with Gasteiger partial charge in [0.15, 0.2) is 0 Å². The molecule has 0 aliphatic carbocycles. The maximum atomic E-state index is 12.3. The topological polar surface area (TPSA) is 68.5 Å². The number of carbonyl (C=O) groups excluding carboxylic acids is 1. The highest BCUT2D eigenvalue weighted by molar-refractivity contribution is 5.76. The van der Waals surface area contributed by atoms with Crippen molar-refractivity contribution in [1.29, 1.82) is 0 Å². The minimum atomic E-state index is 0.117. The number of hydrogen-bond donors (Lipinski definition) is 0. The summed E-state index contributed by atoms with van der Waals surface area (Å²) in [5, 5.41) is 4.11. The number of benzene rings is 1. The Morgan fingerprint density at radius 1 is 1.44 bits per heavy atom. The molecule has 1 aliphatic rings. The van der Waals surface area contributed by atoms with E-state index in [1.807, 2.05) is 29.2 Å². The fourth-order valence-corrected chi connectivity index (χ4v) is 3.17. The number of amides is 1. The first-order valence-corrected chi connectivity index (χ1v) is 8.97. The maximum absolute atomic E-state index is 12.3. The molecule has 3 rings (SSSR count). The van der Waals surface area contributed by atoms with Crippen LogP contribution >= 0.6 is 0 Å². The van der Waals surface area contributed by atoms with Crippen LogP contribution in [0.15, 0.2) is 28.8 Å². The first kappa shape index (κ1) is 17.5. The lowest BCUT2D eigenvalue weighted by atomic mass is 9.97. The highest BCUT2D eigenvalue weighted by atomic mass is 16.5. The van der Waals surface area contributed by atoms with Gasteiger partial charge in [0.2, 0.25) is 17.6 Å². The van der Waals surface area contributed by atoms with E-state index in [0.29, 0.717) is 24.7 Å². The van der Waals surface area contributed by atoms with Gasteiger partial charge in [-0.2, -0.15) is 4.98 Å². The van der Waals surface area contributed by atoms with Crippen molar-refractivity contribution in [1.82, 2.24) is 15.0 Å². The standard InChI is InChI=1S/C19H25N3O3/c1-3-4-10-17(23)22-11-6-8-15(13-22)19-20-18(21-25-19)14-7-5-9-16(12-14)24-2/h5,7,9,12,15H,3-4,6,8,10-11,13H2,1-2H3/t15-/m1/s1. The van der Waals surface area contributed by atoms with E-state index >= 15 is 0 Å². The zero-order valence-electron chi connectivity index (χ0n) is 14.9. The molecular weight excluding hydrogens is 318 g/mol. The molecule has 2 heterocycles. The van der Waals surface area contributed by atoms with Crippen molar-refractivity contribution in [3.8, 4) is 17.1 Å². The van der Waals surface area contributed by atoms with E-state index in [0.717, 1.165) is 43.5 Å². The Labute approximate surface area is 148 Å². The van der Waals surface area contributed by atoms with Gasteiger partial charge in [0.25, 0.3) is 0 Å². The summed E-state index contributed by atoms with van der Waals surface area (Å²) in [4.78, 5) is 18.8. The average Bonchev–Trinajstić information content (AvgIpc) is 3.16. The van der Waals surface area contributed by atoms with Crippen molar-refractivity contribution in [2.75, 3.05) is 20.2 Å². The monoisotopic (exact) mass is 343 g/mol. The van der Waals surface area contributed by atoms with Crippen LogP contribution in [-0.4, -0.2) is 41.1 Å². The van der Waals surface area contributed by atoms with Gasteiger partial charge in [-0.15, -0.1) is 0 Å². The number of ether oxygens (including phenoxy) is 1. The number of likely N-dealkylation sites (tertiary alicyclic amines) is 1. The fraction of sp³-hybridized carbons (Fsp3) is 0.526. The zero-order valence-corrected chi connectivity index (χ0v) is 14.9. The summed E-state index contributed by atoms with van der Waals surface area (Å²) in [6, 6.07) is 7.60. The highest BCUT2D eigenvalue weighted by Gasteiger charge is 2.28. The van der Waals surface area contributed by atoms with Gasteiger partial charge in [0.05, 0.1) is 13.0 Å². The molecule has 2 aromatic rings. The molecule has 1 aromatic carbocycles. The number of rotatable bonds is 6. The summed E-state index contributed by atoms with van der Waals surface area (Å²) in [5.41, 5.74) is 0.862. The van der Waals surface area contributed by atoms with Crippen LogP contribution in [0.3, 0.4) is 0 Å². The van der Waals surface area contributed by atoms with Crippen LogP contribution in [0.1, 0.15) is 50.8 Å². The summed E-state index contributed by atoms with van der Waals surface area (Å²) >= 11 is 0. The van der Waals surface area contributed by atoms with Crippen molar-refractivity contribution in [2.24, 2.45) is 0 Å². The lowest BCUT2D eigenvalue weighted by molar-refractivity contribution is -0.132. The smallest absolute Gasteiger partial charge is 0.231 e. The van der Waals surface area contributed by atoms with Crippen molar-refractivity contribution < 1.29 is 14.1 Å². The summed E-state index contributed by atoms with van der Waals surface area (Å²) in [5.74, 6) is 2.29. The Balaban J connectivity index is 1.70. The third-order valence-corrected chi connectivity index (χ3v) is 4.64. The van der Waals surface area contributed by atoms with Crippen LogP contribution in [0.5, 0.6) is 5.75 Å². The van der Waals surface area contributed by atoms with Crippen LogP contribution < -0.4 is 4.74 Å². The minimum Gasteiger partial charge on any atom is -0.497 e. The van der Waals surface area contributed by atoms with Gasteiger partial charge < -0.3 is 14.2 Å². The molecule has 0 saturated carbocycles. The molecular formula is C19H25N3O3. The van der Waals surface area contributed by atoms with E-state index in [9.17, 15) is 4.79 Å². The van der Waals surface area contributed by atoms with E-state index in [-0.39, 0.29) is 11.8 Å². The van der Waals surface area contributed by atoms with Gasteiger partial charge in [-0.3, -0.25) is 4.79 Å². The van der Waals surface area contributed by atoms with Crippen molar-refractivity contribution in [3.05, 3.63) is 30.2 Å². The van der Waals surface area contributed by atoms with E-state index < -0.39 is 0 Å². The van der Waals surface area contributed by atoms with Crippen molar-refractivity contribution in [3.63, 3.8) is 0 Å². The lowest BCUT2D eigenvalue weighted by Crippen LogP contribution is -2.39. The summed E-state index contributed by atoms with van der Waals surface area (Å²) in [6.07, 6.45) is 4.55. The molecule has 0 unspecified atom stereocenters. The molecule has 0 radical (unpaired) electrons. The Morgan fingerprint density at radius 3 is 3.12 bits per heavy atom. The van der Waals surface area contributed by atoms with Crippen LogP contribution in [0.25, 0.3) is 11.4 Å². The minimum absolute atomic E-state index is 0.117. The summed E-state index contributed by atoms with van der Waals surface area (Å²) in [7, 11) is 1.63. The second kappa shape index (κ2) is 8.14. The largest absolute Gasteiger partial charge is 0.497 e. The van der Waals surface area contributed by atoms with Crippen molar-refractivity contribution in [2.45, 2.75) is 44.9 Å². The number of methoxy groups -OCH3 is 1. The third kappa shape index (κ3) is 4.18. The Hall–Kier alpha value is -2.37. The molecule has 0 N–H and O–H groups in total. The highest BCUT2D eigenvalue weighted by Crippen LogP contribution is 2.28. The maximum Gasteiger partial charge on any atom is 0.231 e. The molecule has 1 fully saturated rings. The van der Waals surface area contributed by atoms with Crippen LogP contribution in [0.2, 0.25) is 0 Å². The molecule has 134 valence electrons. The Morgan fingerprint density at radius 2 is 2.32 bits per heavy atom. The molecule has 1 atom stereocenters. The van der Waals surface area contributed by atoms with Gasteiger partial charge in [-0.05, 0) is 31.4 Å². The lowest BCUT2D eigenvalue weighted by Gasteiger charge is -2.31. The average molecular weight is 343 g/mol. The van der Waals surface area contributed by atoms with Gasteiger partial charge in [-0.1, -0.05) is 30.6 Å². The van der Waals surface area contributed by atoms with Crippen molar-refractivity contribution >= 4 is 5.91 Å². The number of unbranched alkanes of at least 4 members (excludes halogenated alkanes) is 1. The first-order chi connectivity index (χ1) is 12.2. The van der Waals surface area contributed by atoms with Gasteiger partial charge in [0, 0.05) is 25.1 Å². The van der Waals surface area contributed by atoms with E-state index in [1.165, 1.54) is 0 Å². The quantitative estimate of drug-likeness (QED) is 0.801. The molecule has 1 saturated heterocycles. The predicted molar refractivity (Wildman–Crippen MR) is 94.4 cm³/mol. The molecule has 6 heteroatoms. The van der Waals surface area contributed by atoms with Gasteiger partial charge in [0.1, 0.15) is 5.75 Å². The predicted octanol–water partition coefficient (Wildman–Crippen LogP) is 3.64. The Bertz CT molecular complexity index is 713. The molecule has 0 bridgehead atoms. The van der Waals surface area contributed by atoms with E-state index in [4.69, 9.17) is 9.26 Å². The summed E-state index contributed by atoms with van der Waals surface area (Å²) < 4.78 is 10.7. The van der Waals surface area contributed by atoms with Gasteiger partial charge >= 0.3 is 0 Å². The second-order valence-electron chi connectivity index (χ2n) is 6.47. The molecule has 25 heavy (non-hydrogen) atoms. The fourth-order valence-electron chi connectivity index (χ4n) is 3.17. The normalized spacial score (nSPS) is 17.5. The van der Waals surface area contributed by atoms with Crippen LogP contribution in [0, 0.1) is 0 Å². The van der Waals surface area contributed by atoms with Crippen LogP contribution in [-0.2, 0) is 4.79 Å². The molecule has 6 nitrogen and oxygen atoms in total. The number of nitrogens with zero attached hydrogens (tertiary/aromatic N) is 3. The molecule has 0 spiro atoms. The number of carbonyl (C=O) groups is 1. The molecule has 1 aromatic heterocycles. The number of aromatic nitrogens is 2. The van der Waals surface area contributed by atoms with E-state index in [2.05, 4.69) is 17.1 Å². The third-order valence-electron chi connectivity index (χ3n) is 4.64. The second-order valence-corrected chi connectivity index (χ2v) is 6.47. The number of hydrogen-bond acceptors (Lipinski definition) is 5. The van der Waals surface area contributed by atoms with Gasteiger partial charge in [-0.25, -0.2) is 0 Å².